The summed E-state index contributed by atoms with van der Waals surface area (Å²) in [6.07, 6.45) is 1.74. The predicted molar refractivity (Wildman–Crippen MR) is 169 cm³/mol. The molecule has 46 heavy (non-hydrogen) atoms. The van der Waals surface area contributed by atoms with Crippen molar-refractivity contribution in [1.29, 1.82) is 0 Å². The van der Waals surface area contributed by atoms with E-state index < -0.39 is 23.7 Å². The summed E-state index contributed by atoms with van der Waals surface area (Å²) in [7, 11) is 0. The Balaban J connectivity index is 1.17. The second-order valence-corrected chi connectivity index (χ2v) is 10.6. The van der Waals surface area contributed by atoms with Gasteiger partial charge in [-0.25, -0.2) is 9.78 Å². The molecular formula is C33H26F3N7O3. The Morgan fingerprint density at radius 2 is 1.72 bits per heavy atom. The summed E-state index contributed by atoms with van der Waals surface area (Å²) in [6.45, 7) is 3.45. The van der Waals surface area contributed by atoms with E-state index in [2.05, 4.69) is 31.2 Å². The number of amides is 4. The van der Waals surface area contributed by atoms with Crippen molar-refractivity contribution in [3.05, 3.63) is 119 Å². The van der Waals surface area contributed by atoms with Crippen LogP contribution in [0.2, 0.25) is 0 Å². The van der Waals surface area contributed by atoms with Crippen molar-refractivity contribution in [2.75, 3.05) is 21.3 Å². The maximum atomic E-state index is 13.7. The zero-order valence-electron chi connectivity index (χ0n) is 24.4. The van der Waals surface area contributed by atoms with Gasteiger partial charge in [0.2, 0.25) is 0 Å². The van der Waals surface area contributed by atoms with Gasteiger partial charge < -0.3 is 30.8 Å². The molecule has 5 N–H and O–H groups in total. The number of nitrogens with zero attached hydrogens (tertiary/aromatic N) is 2. The molecular weight excluding hydrogens is 599 g/mol. The highest BCUT2D eigenvalue weighted by atomic mass is 19.4. The molecule has 0 unspecified atom stereocenters. The second kappa shape index (κ2) is 11.8. The number of benzene rings is 3. The van der Waals surface area contributed by atoms with Crippen LogP contribution in [0.4, 0.5) is 40.7 Å². The maximum Gasteiger partial charge on any atom is 0.416 e. The highest BCUT2D eigenvalue weighted by Gasteiger charge is 2.32. The fourth-order valence-corrected chi connectivity index (χ4v) is 4.94. The van der Waals surface area contributed by atoms with Crippen molar-refractivity contribution in [2.45, 2.75) is 20.0 Å². The van der Waals surface area contributed by atoms with Crippen LogP contribution in [0.3, 0.4) is 0 Å². The summed E-state index contributed by atoms with van der Waals surface area (Å²) < 4.78 is 42.4. The third-order valence-electron chi connectivity index (χ3n) is 7.24. The molecule has 0 spiro atoms. The maximum absolute atomic E-state index is 13.7. The molecule has 0 saturated heterocycles. The highest BCUT2D eigenvalue weighted by Crippen LogP contribution is 2.35. The summed E-state index contributed by atoms with van der Waals surface area (Å²) in [6, 6.07) is 15.9. The van der Waals surface area contributed by atoms with Crippen molar-refractivity contribution < 1.29 is 27.6 Å². The lowest BCUT2D eigenvalue weighted by Gasteiger charge is -2.14. The van der Waals surface area contributed by atoms with Gasteiger partial charge >= 0.3 is 12.2 Å². The van der Waals surface area contributed by atoms with Gasteiger partial charge in [-0.15, -0.1) is 0 Å². The van der Waals surface area contributed by atoms with Crippen LogP contribution >= 0.6 is 0 Å². The molecule has 0 fully saturated rings. The fourth-order valence-electron chi connectivity index (χ4n) is 4.94. The van der Waals surface area contributed by atoms with Gasteiger partial charge in [0.15, 0.2) is 0 Å². The number of hydrogen-bond acceptors (Lipinski definition) is 4. The van der Waals surface area contributed by atoms with Crippen molar-refractivity contribution >= 4 is 52.2 Å². The standard InChI is InChI=1S/C33H26F3N7O3/c1-18-5-6-23(39-30(44)20-10-21(33(34,35)36)12-25(11-20)43-16-19(2)38-17-43)14-28(18)42-32(46)40-24-7-8-26-27(13-22-4-3-9-37-22)31(45)41-29(26)15-24/h3-17,37H,1-2H3,(H,39,44)(H,41,45)(H2,40,42,46)/b27-13-. The Kier molecular flexibility index (Phi) is 7.66. The minimum Gasteiger partial charge on any atom is -0.362 e. The van der Waals surface area contributed by atoms with Crippen molar-refractivity contribution in [1.82, 2.24) is 14.5 Å². The molecule has 0 atom stereocenters. The van der Waals surface area contributed by atoms with Crippen LogP contribution in [-0.4, -0.2) is 32.4 Å². The summed E-state index contributed by atoms with van der Waals surface area (Å²) in [4.78, 5) is 45.7. The Labute approximate surface area is 260 Å². The first-order valence-corrected chi connectivity index (χ1v) is 14.0. The van der Waals surface area contributed by atoms with Crippen LogP contribution in [0.15, 0.2) is 85.5 Å². The van der Waals surface area contributed by atoms with Crippen LogP contribution in [0.5, 0.6) is 0 Å². The van der Waals surface area contributed by atoms with E-state index in [1.54, 1.807) is 62.6 Å². The molecule has 0 saturated carbocycles. The van der Waals surface area contributed by atoms with Gasteiger partial charge in [0, 0.05) is 52.0 Å². The van der Waals surface area contributed by atoms with E-state index in [4.69, 9.17) is 0 Å². The molecule has 0 bridgehead atoms. The molecule has 2 aromatic heterocycles. The smallest absolute Gasteiger partial charge is 0.362 e. The summed E-state index contributed by atoms with van der Waals surface area (Å²) in [5.74, 6) is -1.04. The Morgan fingerprint density at radius 3 is 2.43 bits per heavy atom. The lowest BCUT2D eigenvalue weighted by atomic mass is 10.1. The van der Waals surface area contributed by atoms with Crippen LogP contribution in [-0.2, 0) is 11.0 Å². The number of rotatable bonds is 6. The molecule has 5 aromatic rings. The molecule has 3 aromatic carbocycles. The molecule has 13 heteroatoms. The number of hydrogen-bond donors (Lipinski definition) is 5. The van der Waals surface area contributed by atoms with Crippen molar-refractivity contribution in [2.24, 2.45) is 0 Å². The van der Waals surface area contributed by atoms with E-state index in [0.29, 0.717) is 39.5 Å². The van der Waals surface area contributed by atoms with E-state index >= 15 is 0 Å². The van der Waals surface area contributed by atoms with Gasteiger partial charge in [0.25, 0.3) is 11.8 Å². The van der Waals surface area contributed by atoms with Gasteiger partial charge in [0.1, 0.15) is 0 Å². The third kappa shape index (κ3) is 6.38. The lowest BCUT2D eigenvalue weighted by Crippen LogP contribution is -2.20. The molecule has 10 nitrogen and oxygen atoms in total. The molecule has 232 valence electrons. The number of carbonyl (C=O) groups is 3. The number of carbonyl (C=O) groups excluding carboxylic acids is 3. The topological polar surface area (TPSA) is 133 Å². The number of anilines is 4. The van der Waals surface area contributed by atoms with E-state index in [1.807, 2.05) is 12.1 Å². The molecule has 4 amide bonds. The van der Waals surface area contributed by atoms with Crippen LogP contribution in [0, 0.1) is 13.8 Å². The SMILES string of the molecule is Cc1cn(-c2cc(C(=O)Nc3ccc(C)c(NC(=O)Nc4ccc5c(c4)NC(=O)/C5=C\c4ccc[nH]4)c3)cc(C(F)(F)F)c2)cn1. The minimum absolute atomic E-state index is 0.127. The monoisotopic (exact) mass is 625 g/mol. The molecule has 6 rings (SSSR count). The normalized spacial score (nSPS) is 13.3. The molecule has 1 aliphatic rings. The van der Waals surface area contributed by atoms with Gasteiger partial charge in [-0.1, -0.05) is 12.1 Å². The van der Waals surface area contributed by atoms with Gasteiger partial charge in [-0.05, 0) is 80.1 Å². The molecule has 0 aliphatic carbocycles. The highest BCUT2D eigenvalue weighted by molar-refractivity contribution is 6.35. The average Bonchev–Trinajstić information content (AvgIpc) is 3.75. The summed E-state index contributed by atoms with van der Waals surface area (Å²) in [5, 5.41) is 10.9. The summed E-state index contributed by atoms with van der Waals surface area (Å²) >= 11 is 0. The first-order valence-electron chi connectivity index (χ1n) is 14.0. The number of aromatic amines is 1. The first kappa shape index (κ1) is 29.9. The minimum atomic E-state index is -4.68. The molecule has 3 heterocycles. The Morgan fingerprint density at radius 1 is 0.935 bits per heavy atom. The zero-order valence-corrected chi connectivity index (χ0v) is 24.4. The van der Waals surface area contributed by atoms with Crippen molar-refractivity contribution in [3.63, 3.8) is 0 Å². The number of halogens is 3. The van der Waals surface area contributed by atoms with Crippen molar-refractivity contribution in [3.8, 4) is 5.69 Å². The number of aromatic nitrogens is 3. The summed E-state index contributed by atoms with van der Waals surface area (Å²) in [5.41, 5.74) is 3.75. The van der Waals surface area contributed by atoms with Crippen LogP contribution in [0.1, 0.15) is 38.4 Å². The number of fused-ring (bicyclic) bond motifs is 1. The quantitative estimate of drug-likeness (QED) is 0.127. The van der Waals surface area contributed by atoms with E-state index in [0.717, 1.165) is 17.8 Å². The number of H-pyrrole nitrogens is 1. The zero-order chi connectivity index (χ0) is 32.6. The van der Waals surface area contributed by atoms with E-state index in [9.17, 15) is 27.6 Å². The lowest BCUT2D eigenvalue weighted by molar-refractivity contribution is -0.137. The number of alkyl halides is 3. The Bertz CT molecular complexity index is 2030. The Hall–Kier alpha value is -6.11. The molecule has 0 radical (unpaired) electrons. The third-order valence-corrected chi connectivity index (χ3v) is 7.24. The number of nitrogens with one attached hydrogen (secondary N) is 5. The first-order chi connectivity index (χ1) is 21.9. The number of urea groups is 1. The second-order valence-electron chi connectivity index (χ2n) is 10.6. The number of aryl methyl sites for hydroxylation is 2. The van der Waals surface area contributed by atoms with Crippen LogP contribution in [0.25, 0.3) is 17.3 Å². The largest absolute Gasteiger partial charge is 0.416 e. The van der Waals surface area contributed by atoms with Gasteiger partial charge in [-0.2, -0.15) is 13.2 Å². The van der Waals surface area contributed by atoms with Gasteiger partial charge in [-0.3, -0.25) is 9.59 Å². The average molecular weight is 626 g/mol. The van der Waals surface area contributed by atoms with Gasteiger partial charge in [0.05, 0.1) is 28.8 Å². The fraction of sp³-hybridized carbons (Fsp3) is 0.0909. The number of imidazole rings is 1. The predicted octanol–water partition coefficient (Wildman–Crippen LogP) is 7.23. The van der Waals surface area contributed by atoms with E-state index in [1.165, 1.54) is 23.0 Å². The van der Waals surface area contributed by atoms with E-state index in [-0.39, 0.29) is 22.8 Å². The molecule has 1 aliphatic heterocycles. The van der Waals surface area contributed by atoms with Crippen LogP contribution < -0.4 is 21.3 Å².